The molecule has 0 aromatic carbocycles. The highest BCUT2D eigenvalue weighted by Crippen LogP contribution is 2.40. The number of carboxylic acid groups (broad SMARTS) is 1. The van der Waals surface area contributed by atoms with Crippen molar-refractivity contribution in [2.24, 2.45) is 0 Å². The summed E-state index contributed by atoms with van der Waals surface area (Å²) >= 11 is 0. The number of carbonyl (C=O) groups excluding carboxylic acids is 2. The van der Waals surface area contributed by atoms with Crippen molar-refractivity contribution in [3.8, 4) is 5.75 Å². The van der Waals surface area contributed by atoms with Crippen LogP contribution in [-0.2, 0) is 9.47 Å². The van der Waals surface area contributed by atoms with E-state index >= 15 is 0 Å². The van der Waals surface area contributed by atoms with E-state index < -0.39 is 29.5 Å². The number of hydrogen-bond acceptors (Lipinski definition) is 9. The second-order valence-electron chi connectivity index (χ2n) is 10.4. The number of aromatic nitrogens is 2. The molecule has 13 nitrogen and oxygen atoms in total. The Morgan fingerprint density at radius 1 is 1.06 bits per heavy atom. The van der Waals surface area contributed by atoms with E-state index in [1.807, 2.05) is 4.90 Å². The summed E-state index contributed by atoms with van der Waals surface area (Å²) in [5, 5.41) is 12.1. The summed E-state index contributed by atoms with van der Waals surface area (Å²) in [6, 6.07) is -0.170. The number of fused-ring (bicyclic) bond motifs is 1. The molecule has 3 rings (SSSR count). The van der Waals surface area contributed by atoms with Gasteiger partial charge in [0.05, 0.1) is 12.6 Å². The van der Waals surface area contributed by atoms with E-state index in [2.05, 4.69) is 15.3 Å². The number of likely N-dealkylation sites (N-methyl/N-ethyl adjacent to an activating group) is 1. The Hall–Kier alpha value is -3.51. The molecule has 13 heteroatoms. The Balaban J connectivity index is 1.89. The SMILES string of the molecule is CN(C(=O)OC(C)(C)C)[C@@H]1CCN(c2nc(NC(=O)OC(C)(C)C)nc3c2OCCN3C(=O)O)C1. The lowest BCUT2D eigenvalue weighted by atomic mass is 10.2. The molecule has 0 spiro atoms. The number of anilines is 3. The average molecular weight is 495 g/mol. The van der Waals surface area contributed by atoms with Crippen molar-refractivity contribution in [1.29, 1.82) is 0 Å². The summed E-state index contributed by atoms with van der Waals surface area (Å²) in [5.74, 6) is 0.443. The van der Waals surface area contributed by atoms with Gasteiger partial charge >= 0.3 is 18.3 Å². The second-order valence-corrected chi connectivity index (χ2v) is 10.4. The highest BCUT2D eigenvalue weighted by molar-refractivity contribution is 5.90. The molecule has 0 aliphatic carbocycles. The zero-order valence-corrected chi connectivity index (χ0v) is 21.2. The standard InChI is InChI=1S/C22H34N6O7/c1-21(2,3)34-18(29)25-17-23-15(14-16(24-17)28(19(30)31)10-11-33-14)27-9-8-13(12-27)26(7)20(32)35-22(4,5)6/h13H,8-12H2,1-7H3,(H,30,31)(H,23,24,25,29)/t13-/m1/s1. The minimum Gasteiger partial charge on any atom is -0.485 e. The van der Waals surface area contributed by atoms with Crippen molar-refractivity contribution >= 4 is 35.9 Å². The summed E-state index contributed by atoms with van der Waals surface area (Å²) in [6.07, 6.45) is -1.78. The quantitative estimate of drug-likeness (QED) is 0.642. The van der Waals surface area contributed by atoms with Gasteiger partial charge in [0, 0.05) is 20.1 Å². The van der Waals surface area contributed by atoms with Crippen LogP contribution in [0.4, 0.5) is 32.0 Å². The summed E-state index contributed by atoms with van der Waals surface area (Å²) in [5.41, 5.74) is -1.36. The fourth-order valence-corrected chi connectivity index (χ4v) is 3.67. The smallest absolute Gasteiger partial charge is 0.414 e. The maximum atomic E-state index is 12.5. The van der Waals surface area contributed by atoms with Crippen molar-refractivity contribution in [3.05, 3.63) is 0 Å². The summed E-state index contributed by atoms with van der Waals surface area (Å²) < 4.78 is 16.5. The molecule has 2 aliphatic rings. The molecule has 194 valence electrons. The summed E-state index contributed by atoms with van der Waals surface area (Å²) in [6.45, 7) is 11.7. The Morgan fingerprint density at radius 3 is 2.29 bits per heavy atom. The van der Waals surface area contributed by atoms with Crippen molar-refractivity contribution in [2.45, 2.75) is 65.2 Å². The van der Waals surface area contributed by atoms with Gasteiger partial charge < -0.3 is 29.1 Å². The molecule has 2 N–H and O–H groups in total. The lowest BCUT2D eigenvalue weighted by Crippen LogP contribution is -2.42. The van der Waals surface area contributed by atoms with Gasteiger partial charge in [0.1, 0.15) is 17.8 Å². The van der Waals surface area contributed by atoms with E-state index in [4.69, 9.17) is 14.2 Å². The molecule has 0 radical (unpaired) electrons. The predicted octanol–water partition coefficient (Wildman–Crippen LogP) is 3.15. The van der Waals surface area contributed by atoms with Crippen molar-refractivity contribution in [1.82, 2.24) is 14.9 Å². The van der Waals surface area contributed by atoms with Gasteiger partial charge in [-0.2, -0.15) is 9.97 Å². The fraction of sp³-hybridized carbons (Fsp3) is 0.682. The third kappa shape index (κ3) is 6.55. The Labute approximate surface area is 204 Å². The van der Waals surface area contributed by atoms with E-state index in [0.717, 1.165) is 4.90 Å². The molecule has 1 aromatic heterocycles. The molecule has 3 amide bonds. The van der Waals surface area contributed by atoms with Crippen LogP contribution < -0.4 is 19.9 Å². The first-order valence-electron chi connectivity index (χ1n) is 11.4. The number of rotatable bonds is 3. The van der Waals surface area contributed by atoms with Crippen LogP contribution in [-0.4, -0.2) is 88.8 Å². The maximum absolute atomic E-state index is 12.5. The molecular formula is C22H34N6O7. The molecule has 3 heterocycles. The van der Waals surface area contributed by atoms with Crippen molar-refractivity contribution in [2.75, 3.05) is 48.4 Å². The zero-order chi connectivity index (χ0) is 26.1. The first-order chi connectivity index (χ1) is 16.1. The van der Waals surface area contributed by atoms with Gasteiger partial charge in [0.2, 0.25) is 11.7 Å². The van der Waals surface area contributed by atoms with Gasteiger partial charge in [-0.1, -0.05) is 0 Å². The van der Waals surface area contributed by atoms with Crippen LogP contribution in [0.15, 0.2) is 0 Å². The van der Waals surface area contributed by atoms with Gasteiger partial charge in [-0.15, -0.1) is 0 Å². The first-order valence-corrected chi connectivity index (χ1v) is 11.4. The van der Waals surface area contributed by atoms with Crippen LogP contribution in [0.3, 0.4) is 0 Å². The van der Waals surface area contributed by atoms with E-state index in [0.29, 0.717) is 25.3 Å². The highest BCUT2D eigenvalue weighted by atomic mass is 16.6. The van der Waals surface area contributed by atoms with Gasteiger partial charge in [-0.05, 0) is 48.0 Å². The van der Waals surface area contributed by atoms with Crippen LogP contribution >= 0.6 is 0 Å². The van der Waals surface area contributed by atoms with E-state index in [1.165, 1.54) is 0 Å². The second kappa shape index (κ2) is 9.62. The van der Waals surface area contributed by atoms with Gasteiger partial charge in [0.15, 0.2) is 11.6 Å². The highest BCUT2D eigenvalue weighted by Gasteiger charge is 2.36. The lowest BCUT2D eigenvalue weighted by molar-refractivity contribution is 0.0237. The maximum Gasteiger partial charge on any atom is 0.414 e. The fourth-order valence-electron chi connectivity index (χ4n) is 3.67. The normalized spacial score (nSPS) is 17.9. The summed E-state index contributed by atoms with van der Waals surface area (Å²) in [4.78, 5) is 49.8. The Bertz CT molecular complexity index is 988. The summed E-state index contributed by atoms with van der Waals surface area (Å²) in [7, 11) is 1.68. The molecule has 0 bridgehead atoms. The minimum atomic E-state index is -1.20. The lowest BCUT2D eigenvalue weighted by Gasteiger charge is -2.31. The van der Waals surface area contributed by atoms with E-state index in [-0.39, 0.29) is 36.7 Å². The number of nitrogens with one attached hydrogen (secondary N) is 1. The van der Waals surface area contributed by atoms with Crippen molar-refractivity contribution < 1.29 is 33.7 Å². The average Bonchev–Trinajstić information content (AvgIpc) is 3.19. The van der Waals surface area contributed by atoms with Crippen LogP contribution in [0, 0.1) is 0 Å². The molecule has 35 heavy (non-hydrogen) atoms. The van der Waals surface area contributed by atoms with E-state index in [1.54, 1.807) is 53.5 Å². The van der Waals surface area contributed by atoms with Gasteiger partial charge in [-0.25, -0.2) is 14.4 Å². The molecule has 2 aliphatic heterocycles. The van der Waals surface area contributed by atoms with Crippen LogP contribution in [0.1, 0.15) is 48.0 Å². The monoisotopic (exact) mass is 494 g/mol. The van der Waals surface area contributed by atoms with Crippen LogP contribution in [0.25, 0.3) is 0 Å². The zero-order valence-electron chi connectivity index (χ0n) is 21.2. The Morgan fingerprint density at radius 2 is 1.69 bits per heavy atom. The number of ether oxygens (including phenoxy) is 3. The van der Waals surface area contributed by atoms with Crippen LogP contribution in [0.5, 0.6) is 5.75 Å². The number of nitrogens with zero attached hydrogens (tertiary/aromatic N) is 5. The van der Waals surface area contributed by atoms with Crippen molar-refractivity contribution in [3.63, 3.8) is 0 Å². The first kappa shape index (κ1) is 26.1. The molecular weight excluding hydrogens is 460 g/mol. The molecule has 1 fully saturated rings. The Kier molecular flexibility index (Phi) is 7.18. The van der Waals surface area contributed by atoms with Crippen LogP contribution in [0.2, 0.25) is 0 Å². The molecule has 0 unspecified atom stereocenters. The van der Waals surface area contributed by atoms with E-state index in [9.17, 15) is 19.5 Å². The molecule has 0 saturated carbocycles. The largest absolute Gasteiger partial charge is 0.485 e. The third-order valence-corrected chi connectivity index (χ3v) is 5.18. The topological polar surface area (TPSA) is 147 Å². The van der Waals surface area contributed by atoms with Gasteiger partial charge in [0.25, 0.3) is 0 Å². The number of carbonyl (C=O) groups is 3. The number of hydrogen-bond donors (Lipinski definition) is 2. The minimum absolute atomic E-state index is 0.0313. The van der Waals surface area contributed by atoms with Gasteiger partial charge in [-0.3, -0.25) is 10.2 Å². The molecule has 1 aromatic rings. The molecule has 1 atom stereocenters. The predicted molar refractivity (Wildman–Crippen MR) is 127 cm³/mol. The third-order valence-electron chi connectivity index (χ3n) is 5.18. The molecule has 1 saturated heterocycles. The number of amides is 3.